The van der Waals surface area contributed by atoms with E-state index in [-0.39, 0.29) is 6.04 Å². The minimum absolute atomic E-state index is 0.309. The molecule has 98 valence electrons. The average Bonchev–Trinajstić information content (AvgIpc) is 2.73. The fourth-order valence-electron chi connectivity index (χ4n) is 2.68. The van der Waals surface area contributed by atoms with Crippen molar-refractivity contribution >= 4 is 0 Å². The number of nitrogens with one attached hydrogen (secondary N) is 1. The van der Waals surface area contributed by atoms with E-state index in [1.54, 1.807) is 12.1 Å². The smallest absolute Gasteiger partial charge is 0.121 e. The van der Waals surface area contributed by atoms with Gasteiger partial charge in [0.2, 0.25) is 0 Å². The highest BCUT2D eigenvalue weighted by Crippen LogP contribution is 2.21. The molecule has 1 unspecified atom stereocenters. The van der Waals surface area contributed by atoms with Crippen molar-refractivity contribution in [1.29, 1.82) is 10.5 Å². The molecule has 1 fully saturated rings. The van der Waals surface area contributed by atoms with Crippen LogP contribution in [0.1, 0.15) is 55.7 Å². The Morgan fingerprint density at radius 3 is 2.47 bits per heavy atom. The summed E-state index contributed by atoms with van der Waals surface area (Å²) in [5.74, 6) is 0. The largest absolute Gasteiger partial charge is 0.295 e. The maximum Gasteiger partial charge on any atom is 0.121 e. The number of benzene rings is 1. The summed E-state index contributed by atoms with van der Waals surface area (Å²) in [5, 5.41) is 21.7. The van der Waals surface area contributed by atoms with Gasteiger partial charge in [0, 0.05) is 6.04 Å². The third-order valence-electron chi connectivity index (χ3n) is 3.74. The third-order valence-corrected chi connectivity index (χ3v) is 3.74. The molecule has 0 aromatic heterocycles. The average molecular weight is 253 g/mol. The number of hydrogen-bond acceptors (Lipinski definition) is 3. The topological polar surface area (TPSA) is 59.6 Å². The Kier molecular flexibility index (Phi) is 4.95. The van der Waals surface area contributed by atoms with Gasteiger partial charge >= 0.3 is 0 Å². The molecular weight excluding hydrogens is 234 g/mol. The van der Waals surface area contributed by atoms with Gasteiger partial charge in [0.25, 0.3) is 0 Å². The van der Waals surface area contributed by atoms with E-state index in [2.05, 4.69) is 17.5 Å². The summed E-state index contributed by atoms with van der Waals surface area (Å²) in [4.78, 5) is 0. The first-order chi connectivity index (χ1) is 9.33. The second-order valence-electron chi connectivity index (χ2n) is 5.15. The molecule has 0 amide bonds. The lowest BCUT2D eigenvalue weighted by Gasteiger charge is -2.20. The van der Waals surface area contributed by atoms with E-state index in [0.29, 0.717) is 11.6 Å². The van der Waals surface area contributed by atoms with E-state index >= 15 is 0 Å². The maximum atomic E-state index is 9.35. The summed E-state index contributed by atoms with van der Waals surface area (Å²) in [6.07, 6.45) is 7.40. The standard InChI is InChI=1S/C16H19N3/c17-11-13-6-5-7-14(10-13)16(12-18)19-15-8-3-1-2-4-9-15/h5-7,10,15-16,19H,1-4,8-9H2. The van der Waals surface area contributed by atoms with Crippen LogP contribution >= 0.6 is 0 Å². The lowest BCUT2D eigenvalue weighted by Crippen LogP contribution is -2.31. The molecule has 1 saturated carbocycles. The van der Waals surface area contributed by atoms with Crippen molar-refractivity contribution in [3.05, 3.63) is 35.4 Å². The summed E-state index contributed by atoms with van der Waals surface area (Å²) in [6.45, 7) is 0. The van der Waals surface area contributed by atoms with Crippen molar-refractivity contribution < 1.29 is 0 Å². The molecule has 2 rings (SSSR count). The Morgan fingerprint density at radius 1 is 1.11 bits per heavy atom. The molecule has 0 bridgehead atoms. The minimum atomic E-state index is -0.309. The normalized spacial score (nSPS) is 18.0. The first-order valence-corrected chi connectivity index (χ1v) is 6.99. The molecule has 1 N–H and O–H groups in total. The molecule has 0 saturated heterocycles. The minimum Gasteiger partial charge on any atom is -0.295 e. The van der Waals surface area contributed by atoms with Crippen molar-refractivity contribution in [3.63, 3.8) is 0 Å². The van der Waals surface area contributed by atoms with Crippen molar-refractivity contribution in [1.82, 2.24) is 5.32 Å². The fourth-order valence-corrected chi connectivity index (χ4v) is 2.68. The van der Waals surface area contributed by atoms with E-state index in [0.717, 1.165) is 18.4 Å². The van der Waals surface area contributed by atoms with Crippen LogP contribution in [0.2, 0.25) is 0 Å². The van der Waals surface area contributed by atoms with Crippen LogP contribution < -0.4 is 5.32 Å². The summed E-state index contributed by atoms with van der Waals surface area (Å²) < 4.78 is 0. The van der Waals surface area contributed by atoms with Gasteiger partial charge in [-0.05, 0) is 30.5 Å². The van der Waals surface area contributed by atoms with Gasteiger partial charge in [-0.3, -0.25) is 5.32 Å². The second-order valence-corrected chi connectivity index (χ2v) is 5.15. The number of nitriles is 2. The van der Waals surface area contributed by atoms with Gasteiger partial charge < -0.3 is 0 Å². The van der Waals surface area contributed by atoms with Crippen molar-refractivity contribution in [3.8, 4) is 12.1 Å². The third kappa shape index (κ3) is 3.81. The Morgan fingerprint density at radius 2 is 1.84 bits per heavy atom. The monoisotopic (exact) mass is 253 g/mol. The Balaban J connectivity index is 2.07. The molecule has 1 aromatic rings. The number of rotatable bonds is 3. The molecule has 19 heavy (non-hydrogen) atoms. The lowest BCUT2D eigenvalue weighted by atomic mass is 10.0. The van der Waals surface area contributed by atoms with Crippen LogP contribution in [-0.4, -0.2) is 6.04 Å². The summed E-state index contributed by atoms with van der Waals surface area (Å²) in [6, 6.07) is 11.9. The van der Waals surface area contributed by atoms with E-state index in [4.69, 9.17) is 5.26 Å². The number of hydrogen-bond donors (Lipinski definition) is 1. The highest BCUT2D eigenvalue weighted by atomic mass is 14.9. The molecule has 1 aliphatic carbocycles. The summed E-state index contributed by atoms with van der Waals surface area (Å²) in [5.41, 5.74) is 1.51. The summed E-state index contributed by atoms with van der Waals surface area (Å²) >= 11 is 0. The van der Waals surface area contributed by atoms with Crippen LogP contribution in [0.3, 0.4) is 0 Å². The van der Waals surface area contributed by atoms with E-state index in [1.807, 2.05) is 12.1 Å². The molecule has 0 heterocycles. The molecular formula is C16H19N3. The van der Waals surface area contributed by atoms with Gasteiger partial charge in [-0.2, -0.15) is 10.5 Å². The predicted molar refractivity (Wildman–Crippen MR) is 74.1 cm³/mol. The maximum absolute atomic E-state index is 9.35. The predicted octanol–water partition coefficient (Wildman–Crippen LogP) is 3.44. The zero-order chi connectivity index (χ0) is 13.5. The van der Waals surface area contributed by atoms with Crippen molar-refractivity contribution in [2.45, 2.75) is 50.6 Å². The van der Waals surface area contributed by atoms with Crippen LogP contribution in [0.25, 0.3) is 0 Å². The van der Waals surface area contributed by atoms with Crippen LogP contribution in [0.4, 0.5) is 0 Å². The van der Waals surface area contributed by atoms with Crippen LogP contribution in [0.15, 0.2) is 24.3 Å². The second kappa shape index (κ2) is 6.92. The lowest BCUT2D eigenvalue weighted by molar-refractivity contribution is 0.436. The van der Waals surface area contributed by atoms with Crippen LogP contribution in [0, 0.1) is 22.7 Å². The van der Waals surface area contributed by atoms with Gasteiger partial charge in [0.05, 0.1) is 17.7 Å². The van der Waals surface area contributed by atoms with Gasteiger partial charge in [-0.25, -0.2) is 0 Å². The first kappa shape index (κ1) is 13.6. The van der Waals surface area contributed by atoms with Gasteiger partial charge in [0.1, 0.15) is 6.04 Å². The molecule has 1 aromatic carbocycles. The quantitative estimate of drug-likeness (QED) is 0.839. The van der Waals surface area contributed by atoms with Gasteiger partial charge in [-0.15, -0.1) is 0 Å². The zero-order valence-corrected chi connectivity index (χ0v) is 11.1. The molecule has 1 atom stereocenters. The highest BCUT2D eigenvalue weighted by molar-refractivity contribution is 5.36. The first-order valence-electron chi connectivity index (χ1n) is 6.99. The van der Waals surface area contributed by atoms with Crippen molar-refractivity contribution in [2.75, 3.05) is 0 Å². The van der Waals surface area contributed by atoms with Crippen molar-refractivity contribution in [2.24, 2.45) is 0 Å². The molecule has 0 radical (unpaired) electrons. The molecule has 3 nitrogen and oxygen atoms in total. The van der Waals surface area contributed by atoms with Crippen LogP contribution in [-0.2, 0) is 0 Å². The zero-order valence-electron chi connectivity index (χ0n) is 11.1. The fraction of sp³-hybridized carbons (Fsp3) is 0.500. The van der Waals surface area contributed by atoms with E-state index in [1.165, 1.54) is 25.7 Å². The SMILES string of the molecule is N#Cc1cccc(C(C#N)NC2CCCCCC2)c1. The van der Waals surface area contributed by atoms with E-state index in [9.17, 15) is 5.26 Å². The Bertz CT molecular complexity index is 487. The Hall–Kier alpha value is -1.84. The summed E-state index contributed by atoms with van der Waals surface area (Å²) in [7, 11) is 0. The van der Waals surface area contributed by atoms with E-state index < -0.39 is 0 Å². The molecule has 0 aliphatic heterocycles. The highest BCUT2D eigenvalue weighted by Gasteiger charge is 2.18. The van der Waals surface area contributed by atoms with Gasteiger partial charge in [0.15, 0.2) is 0 Å². The molecule has 1 aliphatic rings. The van der Waals surface area contributed by atoms with Crippen LogP contribution in [0.5, 0.6) is 0 Å². The molecule has 0 spiro atoms. The van der Waals surface area contributed by atoms with Gasteiger partial charge in [-0.1, -0.05) is 37.8 Å². The Labute approximate surface area is 114 Å². The molecule has 3 heteroatoms. The number of nitrogens with zero attached hydrogens (tertiary/aromatic N) is 2.